The van der Waals surface area contributed by atoms with Crippen LogP contribution in [0, 0.1) is 0 Å². The van der Waals surface area contributed by atoms with Gasteiger partial charge < -0.3 is 9.26 Å². The predicted molar refractivity (Wildman–Crippen MR) is 67.1 cm³/mol. The Morgan fingerprint density at radius 1 is 1.44 bits per heavy atom. The van der Waals surface area contributed by atoms with Crippen molar-refractivity contribution in [2.45, 2.75) is 20.0 Å². The van der Waals surface area contributed by atoms with Gasteiger partial charge in [0.05, 0.1) is 0 Å². The van der Waals surface area contributed by atoms with E-state index in [0.29, 0.717) is 16.5 Å². The highest BCUT2D eigenvalue weighted by atomic mass is 35.5. The average molecular weight is 266 g/mol. The lowest BCUT2D eigenvalue weighted by atomic mass is 10.1. The summed E-state index contributed by atoms with van der Waals surface area (Å²) >= 11 is 5.90. The Morgan fingerprint density at radius 2 is 2.22 bits per heavy atom. The molecular formula is C13H12ClNO3. The molecule has 0 radical (unpaired) electrons. The molecule has 94 valence electrons. The molecule has 0 amide bonds. The minimum Gasteiger partial charge on any atom is -0.456 e. The van der Waals surface area contributed by atoms with Crippen molar-refractivity contribution >= 4 is 17.6 Å². The van der Waals surface area contributed by atoms with Crippen LogP contribution in [-0.4, -0.2) is 11.1 Å². The number of esters is 1. The quantitative estimate of drug-likeness (QED) is 0.796. The summed E-state index contributed by atoms with van der Waals surface area (Å²) in [5.74, 6) is 0.237. The molecule has 1 aromatic carbocycles. The molecule has 5 heteroatoms. The Labute approximate surface area is 109 Å². The minimum atomic E-state index is -0.431. The van der Waals surface area contributed by atoms with Crippen molar-refractivity contribution in [3.8, 4) is 11.3 Å². The van der Waals surface area contributed by atoms with Gasteiger partial charge in [-0.05, 0) is 19.1 Å². The third-order valence-corrected chi connectivity index (χ3v) is 2.63. The van der Waals surface area contributed by atoms with Crippen molar-refractivity contribution in [3.05, 3.63) is 41.0 Å². The number of halogens is 1. The van der Waals surface area contributed by atoms with Gasteiger partial charge in [0.2, 0.25) is 0 Å². The van der Waals surface area contributed by atoms with E-state index in [2.05, 4.69) is 5.16 Å². The van der Waals surface area contributed by atoms with Gasteiger partial charge in [-0.1, -0.05) is 28.9 Å². The molecule has 1 heterocycles. The van der Waals surface area contributed by atoms with Gasteiger partial charge in [-0.25, -0.2) is 0 Å². The van der Waals surface area contributed by atoms with Crippen molar-refractivity contribution < 1.29 is 14.1 Å². The van der Waals surface area contributed by atoms with Gasteiger partial charge >= 0.3 is 5.97 Å². The van der Waals surface area contributed by atoms with E-state index in [9.17, 15) is 4.79 Å². The van der Waals surface area contributed by atoms with Gasteiger partial charge in [0, 0.05) is 23.6 Å². The molecule has 2 aromatic rings. The molecule has 0 saturated carbocycles. The highest BCUT2D eigenvalue weighted by Crippen LogP contribution is 2.26. The monoisotopic (exact) mass is 265 g/mol. The van der Waals surface area contributed by atoms with Gasteiger partial charge in [0.15, 0.2) is 5.76 Å². The lowest BCUT2D eigenvalue weighted by molar-refractivity contribution is -0.146. The fourth-order valence-electron chi connectivity index (χ4n) is 1.57. The summed E-state index contributed by atoms with van der Waals surface area (Å²) in [7, 11) is 0. The van der Waals surface area contributed by atoms with Crippen LogP contribution in [0.15, 0.2) is 34.9 Å². The van der Waals surface area contributed by atoms with E-state index >= 15 is 0 Å². The summed E-state index contributed by atoms with van der Waals surface area (Å²) in [5.41, 5.74) is 1.40. The molecule has 0 saturated heterocycles. The second-order valence-corrected chi connectivity index (χ2v) is 4.31. The van der Waals surface area contributed by atoms with Crippen molar-refractivity contribution in [2.24, 2.45) is 0 Å². The van der Waals surface area contributed by atoms with Gasteiger partial charge in [0.1, 0.15) is 11.8 Å². The van der Waals surface area contributed by atoms with E-state index < -0.39 is 6.10 Å². The van der Waals surface area contributed by atoms with Crippen LogP contribution in [0.25, 0.3) is 11.3 Å². The molecule has 4 nitrogen and oxygen atoms in total. The van der Waals surface area contributed by atoms with Gasteiger partial charge in [-0.3, -0.25) is 4.79 Å². The Hall–Kier alpha value is -1.81. The maximum absolute atomic E-state index is 10.9. The maximum Gasteiger partial charge on any atom is 0.303 e. The molecule has 0 N–H and O–H groups in total. The molecule has 1 unspecified atom stereocenters. The van der Waals surface area contributed by atoms with Crippen LogP contribution in [-0.2, 0) is 9.53 Å². The molecular weight excluding hydrogens is 254 g/mol. The molecule has 0 fully saturated rings. The first-order valence-corrected chi connectivity index (χ1v) is 5.84. The van der Waals surface area contributed by atoms with Crippen LogP contribution >= 0.6 is 11.6 Å². The summed E-state index contributed by atoms with van der Waals surface area (Å²) in [6.07, 6.45) is -0.431. The van der Waals surface area contributed by atoms with Crippen molar-refractivity contribution in [2.75, 3.05) is 0 Å². The number of carbonyl (C=O) groups excluding carboxylic acids is 1. The van der Waals surface area contributed by atoms with E-state index in [1.165, 1.54) is 6.92 Å². The number of hydrogen-bond donors (Lipinski definition) is 0. The molecule has 0 aliphatic carbocycles. The fourth-order valence-corrected chi connectivity index (χ4v) is 1.76. The zero-order valence-corrected chi connectivity index (χ0v) is 10.8. The number of nitrogens with zero attached hydrogens (tertiary/aromatic N) is 1. The van der Waals surface area contributed by atoms with Crippen LogP contribution in [0.5, 0.6) is 0 Å². The van der Waals surface area contributed by atoms with Gasteiger partial charge in [0.25, 0.3) is 0 Å². The Morgan fingerprint density at radius 3 is 2.89 bits per heavy atom. The summed E-state index contributed by atoms with van der Waals surface area (Å²) in [6, 6.07) is 8.99. The van der Waals surface area contributed by atoms with Crippen LogP contribution in [0.3, 0.4) is 0 Å². The minimum absolute atomic E-state index is 0.352. The second kappa shape index (κ2) is 5.23. The van der Waals surface area contributed by atoms with E-state index in [1.807, 2.05) is 12.1 Å². The molecule has 0 aliphatic heterocycles. The normalized spacial score (nSPS) is 12.2. The average Bonchev–Trinajstić information content (AvgIpc) is 2.77. The zero-order valence-electron chi connectivity index (χ0n) is 10.0. The lowest BCUT2D eigenvalue weighted by Crippen LogP contribution is -2.04. The van der Waals surface area contributed by atoms with Gasteiger partial charge in [-0.2, -0.15) is 0 Å². The van der Waals surface area contributed by atoms with Crippen LogP contribution in [0.4, 0.5) is 0 Å². The Kier molecular flexibility index (Phi) is 3.67. The molecule has 0 aliphatic rings. The summed E-state index contributed by atoms with van der Waals surface area (Å²) < 4.78 is 10.2. The molecule has 2 rings (SSSR count). The molecule has 1 aromatic heterocycles. The van der Waals surface area contributed by atoms with E-state index in [0.717, 1.165) is 5.56 Å². The fraction of sp³-hybridized carbons (Fsp3) is 0.231. The van der Waals surface area contributed by atoms with Crippen molar-refractivity contribution in [1.82, 2.24) is 5.16 Å². The molecule has 0 spiro atoms. The second-order valence-electron chi connectivity index (χ2n) is 3.88. The van der Waals surface area contributed by atoms with Crippen molar-refractivity contribution in [1.29, 1.82) is 0 Å². The lowest BCUT2D eigenvalue weighted by Gasteiger charge is -2.06. The topological polar surface area (TPSA) is 52.3 Å². The van der Waals surface area contributed by atoms with Crippen LogP contribution in [0.1, 0.15) is 25.6 Å². The number of carbonyl (C=O) groups is 1. The predicted octanol–water partition coefficient (Wildman–Crippen LogP) is 3.62. The number of aromatic nitrogens is 1. The van der Waals surface area contributed by atoms with Crippen LogP contribution in [0.2, 0.25) is 5.02 Å². The third-order valence-electron chi connectivity index (χ3n) is 2.40. The summed E-state index contributed by atoms with van der Waals surface area (Å²) in [6.45, 7) is 3.09. The smallest absolute Gasteiger partial charge is 0.303 e. The molecule has 0 bridgehead atoms. The number of ether oxygens (including phenoxy) is 1. The first-order chi connectivity index (χ1) is 8.56. The zero-order chi connectivity index (χ0) is 13.1. The standard InChI is InChI=1S/C13H12ClNO3/c1-8(17-9(2)16)12-7-13(18-15-12)10-4-3-5-11(14)6-10/h3-8H,1-2H3. The van der Waals surface area contributed by atoms with Gasteiger partial charge in [-0.15, -0.1) is 0 Å². The first-order valence-electron chi connectivity index (χ1n) is 5.46. The number of benzene rings is 1. The van der Waals surface area contributed by atoms with Crippen LogP contribution < -0.4 is 0 Å². The van der Waals surface area contributed by atoms with E-state index in [1.54, 1.807) is 25.1 Å². The maximum atomic E-state index is 10.9. The number of hydrogen-bond acceptors (Lipinski definition) is 4. The molecule has 1 atom stereocenters. The Bertz CT molecular complexity index is 565. The largest absolute Gasteiger partial charge is 0.456 e. The SMILES string of the molecule is CC(=O)OC(C)c1cc(-c2cccc(Cl)c2)on1. The third kappa shape index (κ3) is 2.90. The molecule has 18 heavy (non-hydrogen) atoms. The summed E-state index contributed by atoms with van der Waals surface area (Å²) in [4.78, 5) is 10.9. The highest BCUT2D eigenvalue weighted by molar-refractivity contribution is 6.30. The summed E-state index contributed by atoms with van der Waals surface area (Å²) in [5, 5.41) is 4.50. The highest BCUT2D eigenvalue weighted by Gasteiger charge is 2.15. The number of rotatable bonds is 3. The van der Waals surface area contributed by atoms with Crippen molar-refractivity contribution in [3.63, 3.8) is 0 Å². The first kappa shape index (κ1) is 12.6. The van der Waals surface area contributed by atoms with E-state index in [4.69, 9.17) is 20.9 Å². The Balaban J connectivity index is 2.22. The van der Waals surface area contributed by atoms with E-state index in [-0.39, 0.29) is 5.97 Å².